The highest BCUT2D eigenvalue weighted by atomic mass is 32.2. The first-order chi connectivity index (χ1) is 8.20. The molecular formula is C13H27N3S. The summed E-state index contributed by atoms with van der Waals surface area (Å²) in [4.78, 5) is 5.16. The summed E-state index contributed by atoms with van der Waals surface area (Å²) in [6.45, 7) is 7.99. The van der Waals surface area contributed by atoms with Crippen molar-refractivity contribution in [3.63, 3.8) is 0 Å². The molecule has 2 unspecified atom stereocenters. The number of likely N-dealkylation sites (N-methyl/N-ethyl adjacent to an activating group) is 1. The number of nitrogens with two attached hydrogens (primary N) is 1. The van der Waals surface area contributed by atoms with Crippen molar-refractivity contribution >= 4 is 11.8 Å². The third-order valence-corrected chi connectivity index (χ3v) is 5.76. The Balaban J connectivity index is 2.05. The average Bonchev–Trinajstić information content (AvgIpc) is 2.38. The van der Waals surface area contributed by atoms with Gasteiger partial charge in [0.05, 0.1) is 0 Å². The molecule has 0 aromatic heterocycles. The van der Waals surface area contributed by atoms with E-state index in [1.165, 1.54) is 44.6 Å². The van der Waals surface area contributed by atoms with Crippen LogP contribution >= 0.6 is 11.8 Å². The van der Waals surface area contributed by atoms with Gasteiger partial charge in [0, 0.05) is 42.7 Å². The summed E-state index contributed by atoms with van der Waals surface area (Å²) in [6, 6.07) is 0. The van der Waals surface area contributed by atoms with Crippen LogP contribution in [-0.4, -0.2) is 66.1 Å². The largest absolute Gasteiger partial charge is 0.329 e. The van der Waals surface area contributed by atoms with Crippen molar-refractivity contribution in [1.82, 2.24) is 9.80 Å². The van der Waals surface area contributed by atoms with Crippen LogP contribution in [-0.2, 0) is 0 Å². The molecule has 100 valence electrons. The van der Waals surface area contributed by atoms with Crippen molar-refractivity contribution in [2.75, 3.05) is 45.5 Å². The maximum Gasteiger partial charge on any atom is 0.0459 e. The fourth-order valence-electron chi connectivity index (χ4n) is 3.29. The summed E-state index contributed by atoms with van der Waals surface area (Å²) in [6.07, 6.45) is 3.88. The maximum absolute atomic E-state index is 6.14. The minimum absolute atomic E-state index is 0.265. The second-order valence-corrected chi connectivity index (χ2v) is 7.03. The monoisotopic (exact) mass is 257 g/mol. The zero-order valence-corrected chi connectivity index (χ0v) is 12.1. The lowest BCUT2D eigenvalue weighted by Gasteiger charge is -2.51. The molecule has 2 atom stereocenters. The van der Waals surface area contributed by atoms with Crippen LogP contribution < -0.4 is 5.73 Å². The predicted molar refractivity (Wildman–Crippen MR) is 76.6 cm³/mol. The third-order valence-electron chi connectivity index (χ3n) is 4.39. The van der Waals surface area contributed by atoms with E-state index in [4.69, 9.17) is 5.73 Å². The van der Waals surface area contributed by atoms with E-state index in [2.05, 4.69) is 35.5 Å². The third kappa shape index (κ3) is 2.98. The minimum atomic E-state index is 0.265. The van der Waals surface area contributed by atoms with Crippen LogP contribution in [0.15, 0.2) is 0 Å². The summed E-state index contributed by atoms with van der Waals surface area (Å²) >= 11 is 2.14. The molecule has 0 bridgehead atoms. The summed E-state index contributed by atoms with van der Waals surface area (Å²) in [7, 11) is 2.24. The topological polar surface area (TPSA) is 32.5 Å². The van der Waals surface area contributed by atoms with E-state index in [0.29, 0.717) is 0 Å². The van der Waals surface area contributed by atoms with Crippen LogP contribution in [0, 0.1) is 0 Å². The Morgan fingerprint density at radius 1 is 1.41 bits per heavy atom. The van der Waals surface area contributed by atoms with E-state index in [0.717, 1.165) is 18.3 Å². The first-order valence-corrected chi connectivity index (χ1v) is 8.00. The van der Waals surface area contributed by atoms with E-state index in [1.54, 1.807) is 0 Å². The Bertz CT molecular complexity index is 249. The van der Waals surface area contributed by atoms with Gasteiger partial charge in [0.15, 0.2) is 0 Å². The lowest BCUT2D eigenvalue weighted by Crippen LogP contribution is -2.64. The number of hydrogen-bond acceptors (Lipinski definition) is 4. The van der Waals surface area contributed by atoms with Gasteiger partial charge in [0.2, 0.25) is 0 Å². The molecule has 2 N–H and O–H groups in total. The summed E-state index contributed by atoms with van der Waals surface area (Å²) in [5.74, 6) is 1.28. The van der Waals surface area contributed by atoms with Crippen molar-refractivity contribution in [1.29, 1.82) is 0 Å². The highest BCUT2D eigenvalue weighted by Gasteiger charge is 2.40. The molecule has 2 fully saturated rings. The van der Waals surface area contributed by atoms with E-state index in [1.807, 2.05) is 0 Å². The van der Waals surface area contributed by atoms with Crippen LogP contribution in [0.2, 0.25) is 0 Å². The smallest absolute Gasteiger partial charge is 0.0459 e. The number of likely N-dealkylation sites (tertiary alicyclic amines) is 1. The minimum Gasteiger partial charge on any atom is -0.329 e. The van der Waals surface area contributed by atoms with Crippen LogP contribution in [0.3, 0.4) is 0 Å². The molecular weight excluding hydrogens is 230 g/mol. The number of piperidine rings is 1. The number of nitrogens with zero attached hydrogens (tertiary/aromatic N) is 2. The van der Waals surface area contributed by atoms with Crippen LogP contribution in [0.1, 0.15) is 26.2 Å². The van der Waals surface area contributed by atoms with Gasteiger partial charge in [-0.05, 0) is 32.9 Å². The van der Waals surface area contributed by atoms with Crippen molar-refractivity contribution in [2.45, 2.75) is 37.0 Å². The summed E-state index contributed by atoms with van der Waals surface area (Å²) in [5, 5.41) is 0.819. The molecule has 2 aliphatic rings. The molecule has 4 heteroatoms. The number of hydrogen-bond donors (Lipinski definition) is 1. The Hall–Kier alpha value is 0.230. The molecule has 0 saturated carbocycles. The van der Waals surface area contributed by atoms with Gasteiger partial charge in [-0.1, -0.05) is 6.92 Å². The molecule has 2 rings (SSSR count). The molecule has 17 heavy (non-hydrogen) atoms. The van der Waals surface area contributed by atoms with Crippen molar-refractivity contribution in [3.05, 3.63) is 0 Å². The van der Waals surface area contributed by atoms with Gasteiger partial charge in [0.25, 0.3) is 0 Å². The van der Waals surface area contributed by atoms with E-state index in [9.17, 15) is 0 Å². The van der Waals surface area contributed by atoms with Gasteiger partial charge in [-0.3, -0.25) is 4.90 Å². The molecule has 0 aromatic carbocycles. The fraction of sp³-hybridized carbons (Fsp3) is 1.00. The molecule has 0 radical (unpaired) electrons. The molecule has 3 nitrogen and oxygen atoms in total. The average molecular weight is 257 g/mol. The molecule has 0 amide bonds. The fourth-order valence-corrected chi connectivity index (χ4v) is 4.47. The standard InChI is InChI=1S/C13H27N3S/c1-3-12-9-16(7-8-17-12)13(10-14)5-4-6-15(2)11-13/h12H,3-11,14H2,1-2H3. The maximum atomic E-state index is 6.14. The van der Waals surface area contributed by atoms with E-state index in [-0.39, 0.29) is 5.54 Å². The van der Waals surface area contributed by atoms with Crippen LogP contribution in [0.4, 0.5) is 0 Å². The first kappa shape index (κ1) is 13.7. The van der Waals surface area contributed by atoms with Crippen molar-refractivity contribution in [2.24, 2.45) is 5.73 Å². The normalized spacial score (nSPS) is 37.2. The molecule has 2 saturated heterocycles. The quantitative estimate of drug-likeness (QED) is 0.824. The van der Waals surface area contributed by atoms with Gasteiger partial charge in [-0.2, -0.15) is 11.8 Å². The zero-order valence-electron chi connectivity index (χ0n) is 11.3. The zero-order chi connectivity index (χ0) is 12.3. The summed E-state index contributed by atoms with van der Waals surface area (Å²) in [5.41, 5.74) is 6.41. The lowest BCUT2D eigenvalue weighted by molar-refractivity contribution is 0.0279. The van der Waals surface area contributed by atoms with Crippen LogP contribution in [0.5, 0.6) is 0 Å². The van der Waals surface area contributed by atoms with Crippen molar-refractivity contribution in [3.8, 4) is 0 Å². The van der Waals surface area contributed by atoms with Gasteiger partial charge in [-0.25, -0.2) is 0 Å². The Kier molecular flexibility index (Phi) is 4.75. The first-order valence-electron chi connectivity index (χ1n) is 6.95. The molecule has 2 aliphatic heterocycles. The molecule has 2 heterocycles. The molecule has 0 aromatic rings. The van der Waals surface area contributed by atoms with Gasteiger partial charge in [-0.15, -0.1) is 0 Å². The number of thioether (sulfide) groups is 1. The summed E-state index contributed by atoms with van der Waals surface area (Å²) < 4.78 is 0. The SMILES string of the molecule is CCC1CN(C2(CN)CCCN(C)C2)CCS1. The second kappa shape index (κ2) is 5.91. The molecule has 0 aliphatic carbocycles. The van der Waals surface area contributed by atoms with Gasteiger partial charge < -0.3 is 10.6 Å². The van der Waals surface area contributed by atoms with E-state index >= 15 is 0 Å². The molecule has 0 spiro atoms. The van der Waals surface area contributed by atoms with Crippen LogP contribution in [0.25, 0.3) is 0 Å². The lowest BCUT2D eigenvalue weighted by atomic mass is 9.87. The predicted octanol–water partition coefficient (Wildman–Crippen LogP) is 1.24. The Morgan fingerprint density at radius 3 is 2.88 bits per heavy atom. The van der Waals surface area contributed by atoms with Gasteiger partial charge >= 0.3 is 0 Å². The number of rotatable bonds is 3. The van der Waals surface area contributed by atoms with Crippen molar-refractivity contribution < 1.29 is 0 Å². The van der Waals surface area contributed by atoms with Gasteiger partial charge in [0.1, 0.15) is 0 Å². The second-order valence-electron chi connectivity index (χ2n) is 5.62. The highest BCUT2D eigenvalue weighted by Crippen LogP contribution is 2.31. The Morgan fingerprint density at radius 2 is 2.24 bits per heavy atom. The highest BCUT2D eigenvalue weighted by molar-refractivity contribution is 8.00. The van der Waals surface area contributed by atoms with E-state index < -0.39 is 0 Å². The Labute approximate surface area is 110 Å².